The average Bonchev–Trinajstić information content (AvgIpc) is 2.88. The quantitative estimate of drug-likeness (QED) is 0.841. The zero-order chi connectivity index (χ0) is 13.9. The molecule has 0 radical (unpaired) electrons. The van der Waals surface area contributed by atoms with Gasteiger partial charge in [-0.15, -0.1) is 0 Å². The van der Waals surface area contributed by atoms with Gasteiger partial charge < -0.3 is 10.6 Å². The number of amides is 1. The number of nitrogens with zero attached hydrogens (tertiary/aromatic N) is 2. The molecule has 0 aromatic carbocycles. The van der Waals surface area contributed by atoms with Gasteiger partial charge in [-0.2, -0.15) is 0 Å². The van der Waals surface area contributed by atoms with Gasteiger partial charge in [-0.25, -0.2) is 0 Å². The summed E-state index contributed by atoms with van der Waals surface area (Å²) in [7, 11) is 0. The van der Waals surface area contributed by atoms with Gasteiger partial charge in [0.25, 0.3) is 0 Å². The second-order valence-electron chi connectivity index (χ2n) is 6.46. The van der Waals surface area contributed by atoms with Gasteiger partial charge in [-0.05, 0) is 45.7 Å². The van der Waals surface area contributed by atoms with Crippen LogP contribution in [0.2, 0.25) is 0 Å². The van der Waals surface area contributed by atoms with Crippen LogP contribution < -0.4 is 5.73 Å². The summed E-state index contributed by atoms with van der Waals surface area (Å²) in [4.78, 5) is 17.0. The molecular weight excluding hydrogens is 238 g/mol. The van der Waals surface area contributed by atoms with E-state index in [-0.39, 0.29) is 5.91 Å². The molecule has 0 aromatic heterocycles. The maximum atomic E-state index is 12.5. The van der Waals surface area contributed by atoms with Crippen molar-refractivity contribution in [1.82, 2.24) is 9.80 Å². The maximum absolute atomic E-state index is 12.5. The lowest BCUT2D eigenvalue weighted by Crippen LogP contribution is -2.53. The molecule has 110 valence electrons. The molecule has 1 amide bonds. The van der Waals surface area contributed by atoms with E-state index in [0.29, 0.717) is 6.04 Å². The van der Waals surface area contributed by atoms with Crippen molar-refractivity contribution in [3.05, 3.63) is 0 Å². The van der Waals surface area contributed by atoms with Crippen LogP contribution in [0, 0.1) is 0 Å². The number of rotatable bonds is 4. The Bertz CT molecular complexity index is 311. The van der Waals surface area contributed by atoms with Crippen LogP contribution in [0.3, 0.4) is 0 Å². The predicted octanol–water partition coefficient (Wildman–Crippen LogP) is 1.59. The smallest absolute Gasteiger partial charge is 0.242 e. The Hall–Kier alpha value is -0.610. The van der Waals surface area contributed by atoms with Crippen LogP contribution >= 0.6 is 0 Å². The molecule has 2 fully saturated rings. The summed E-state index contributed by atoms with van der Waals surface area (Å²) in [6, 6.07) is 0.571. The molecule has 2 aliphatic heterocycles. The minimum Gasteiger partial charge on any atom is -0.339 e. The van der Waals surface area contributed by atoms with Crippen molar-refractivity contribution >= 4 is 5.91 Å². The molecule has 4 nitrogen and oxygen atoms in total. The van der Waals surface area contributed by atoms with Gasteiger partial charge in [0.2, 0.25) is 5.91 Å². The minimum atomic E-state index is -0.675. The lowest BCUT2D eigenvalue weighted by atomic mass is 9.96. The largest absolute Gasteiger partial charge is 0.339 e. The van der Waals surface area contributed by atoms with Crippen LogP contribution in [0.5, 0.6) is 0 Å². The van der Waals surface area contributed by atoms with Crippen LogP contribution in [0.15, 0.2) is 0 Å². The lowest BCUT2D eigenvalue weighted by Gasteiger charge is -2.33. The summed E-state index contributed by atoms with van der Waals surface area (Å²) in [6.07, 6.45) is 6.85. The predicted molar refractivity (Wildman–Crippen MR) is 77.9 cm³/mol. The third-order valence-corrected chi connectivity index (χ3v) is 4.62. The van der Waals surface area contributed by atoms with E-state index >= 15 is 0 Å². The summed E-state index contributed by atoms with van der Waals surface area (Å²) in [5, 5.41) is 0. The van der Waals surface area contributed by atoms with Crippen LogP contribution in [0.4, 0.5) is 0 Å². The molecule has 0 aromatic rings. The molecule has 19 heavy (non-hydrogen) atoms. The maximum Gasteiger partial charge on any atom is 0.242 e. The van der Waals surface area contributed by atoms with Crippen molar-refractivity contribution in [3.63, 3.8) is 0 Å². The summed E-state index contributed by atoms with van der Waals surface area (Å²) in [5.74, 6) is 0.147. The van der Waals surface area contributed by atoms with Crippen LogP contribution in [0.1, 0.15) is 52.4 Å². The average molecular weight is 267 g/mol. The molecule has 2 saturated heterocycles. The zero-order valence-corrected chi connectivity index (χ0v) is 12.5. The summed E-state index contributed by atoms with van der Waals surface area (Å²) < 4.78 is 0. The van der Waals surface area contributed by atoms with Crippen molar-refractivity contribution in [2.24, 2.45) is 5.73 Å². The topological polar surface area (TPSA) is 49.6 Å². The Morgan fingerprint density at radius 3 is 2.58 bits per heavy atom. The number of carbonyl (C=O) groups is 1. The van der Waals surface area contributed by atoms with E-state index in [4.69, 9.17) is 5.73 Å². The molecule has 2 rings (SSSR count). The Morgan fingerprint density at radius 2 is 1.95 bits per heavy atom. The Labute approximate surface area is 117 Å². The lowest BCUT2D eigenvalue weighted by molar-refractivity contribution is -0.135. The van der Waals surface area contributed by atoms with Crippen molar-refractivity contribution in [1.29, 1.82) is 0 Å². The zero-order valence-electron chi connectivity index (χ0n) is 12.5. The summed E-state index contributed by atoms with van der Waals surface area (Å²) >= 11 is 0. The number of piperidine rings is 1. The number of hydrogen-bond acceptors (Lipinski definition) is 3. The first-order chi connectivity index (χ1) is 9.04. The second kappa shape index (κ2) is 6.23. The van der Waals surface area contributed by atoms with Crippen molar-refractivity contribution in [2.45, 2.75) is 64.0 Å². The highest BCUT2D eigenvalue weighted by atomic mass is 16.2. The molecular formula is C15H29N3O. The first-order valence-electron chi connectivity index (χ1n) is 7.87. The highest BCUT2D eigenvalue weighted by molar-refractivity contribution is 5.85. The highest BCUT2D eigenvalue weighted by Crippen LogP contribution is 2.23. The van der Waals surface area contributed by atoms with Gasteiger partial charge in [0.15, 0.2) is 0 Å². The van der Waals surface area contributed by atoms with Crippen molar-refractivity contribution < 1.29 is 4.79 Å². The third-order valence-electron chi connectivity index (χ3n) is 4.62. The van der Waals surface area contributed by atoms with Gasteiger partial charge in [-0.3, -0.25) is 9.69 Å². The molecule has 2 aliphatic rings. The van der Waals surface area contributed by atoms with E-state index in [1.165, 1.54) is 32.4 Å². The van der Waals surface area contributed by atoms with Gasteiger partial charge in [-0.1, -0.05) is 19.8 Å². The fraction of sp³-hybridized carbons (Fsp3) is 0.933. The van der Waals surface area contributed by atoms with E-state index < -0.39 is 5.54 Å². The molecule has 0 saturated carbocycles. The van der Waals surface area contributed by atoms with E-state index in [9.17, 15) is 4.79 Å². The molecule has 2 N–H and O–H groups in total. The first kappa shape index (κ1) is 14.8. The first-order valence-corrected chi connectivity index (χ1v) is 7.87. The van der Waals surface area contributed by atoms with Crippen LogP contribution in [-0.2, 0) is 4.79 Å². The summed E-state index contributed by atoms with van der Waals surface area (Å²) in [5.41, 5.74) is 5.49. The van der Waals surface area contributed by atoms with Crippen LogP contribution in [-0.4, -0.2) is 53.5 Å². The van der Waals surface area contributed by atoms with E-state index in [0.717, 1.165) is 32.4 Å². The molecule has 0 bridgehead atoms. The van der Waals surface area contributed by atoms with Crippen molar-refractivity contribution in [3.8, 4) is 0 Å². The minimum absolute atomic E-state index is 0.147. The number of hydrogen-bond donors (Lipinski definition) is 1. The molecule has 4 heteroatoms. The highest BCUT2D eigenvalue weighted by Gasteiger charge is 2.37. The molecule has 2 atom stereocenters. The Morgan fingerprint density at radius 1 is 1.26 bits per heavy atom. The molecule has 2 heterocycles. The fourth-order valence-corrected chi connectivity index (χ4v) is 3.50. The van der Waals surface area contributed by atoms with E-state index in [1.54, 1.807) is 0 Å². The summed E-state index contributed by atoms with van der Waals surface area (Å²) in [6.45, 7) is 8.15. The van der Waals surface area contributed by atoms with E-state index in [1.807, 2.05) is 11.8 Å². The van der Waals surface area contributed by atoms with Crippen molar-refractivity contribution in [2.75, 3.05) is 26.2 Å². The normalized spacial score (nSPS) is 28.4. The Kier molecular flexibility index (Phi) is 4.85. The molecule has 0 spiro atoms. The van der Waals surface area contributed by atoms with Gasteiger partial charge >= 0.3 is 0 Å². The standard InChI is InChI=1S/C15H29N3O/c1-3-8-15(2,16)14(19)18-11-7-13(12-18)17-9-5-4-6-10-17/h13H,3-12,16H2,1-2H3. The number of carbonyl (C=O) groups excluding carboxylic acids is 1. The monoisotopic (exact) mass is 267 g/mol. The van der Waals surface area contributed by atoms with Crippen LogP contribution in [0.25, 0.3) is 0 Å². The second-order valence-corrected chi connectivity index (χ2v) is 6.46. The molecule has 2 unspecified atom stereocenters. The molecule has 0 aliphatic carbocycles. The van der Waals surface area contributed by atoms with Gasteiger partial charge in [0, 0.05) is 19.1 Å². The fourth-order valence-electron chi connectivity index (χ4n) is 3.50. The SMILES string of the molecule is CCCC(C)(N)C(=O)N1CCC(N2CCCCC2)C1. The number of nitrogens with two attached hydrogens (primary N) is 1. The number of likely N-dealkylation sites (tertiary alicyclic amines) is 2. The van der Waals surface area contributed by atoms with Gasteiger partial charge in [0.05, 0.1) is 5.54 Å². The third kappa shape index (κ3) is 3.48. The Balaban J connectivity index is 1.88. The van der Waals surface area contributed by atoms with Gasteiger partial charge in [0.1, 0.15) is 0 Å². The van der Waals surface area contributed by atoms with E-state index in [2.05, 4.69) is 11.8 Å².